The summed E-state index contributed by atoms with van der Waals surface area (Å²) in [6.45, 7) is 2.74. The SMILES string of the molecule is CC(NC(=O)c1n[nH]c(C2CC2)c1N)C1CCCO1. The number of amides is 1. The van der Waals surface area contributed by atoms with E-state index >= 15 is 0 Å². The Morgan fingerprint density at radius 2 is 2.32 bits per heavy atom. The fourth-order valence-electron chi connectivity index (χ4n) is 2.59. The van der Waals surface area contributed by atoms with Gasteiger partial charge in [0.1, 0.15) is 0 Å². The molecule has 1 saturated heterocycles. The van der Waals surface area contributed by atoms with Crippen LogP contribution < -0.4 is 11.1 Å². The van der Waals surface area contributed by atoms with Gasteiger partial charge in [-0.25, -0.2) is 0 Å². The summed E-state index contributed by atoms with van der Waals surface area (Å²) in [7, 11) is 0. The number of hydrogen-bond donors (Lipinski definition) is 3. The first-order chi connectivity index (χ1) is 9.16. The molecule has 104 valence electrons. The van der Waals surface area contributed by atoms with E-state index in [1.165, 1.54) is 0 Å². The van der Waals surface area contributed by atoms with Crippen LogP contribution >= 0.6 is 0 Å². The molecule has 3 rings (SSSR count). The number of nitrogens with zero attached hydrogens (tertiary/aromatic N) is 1. The van der Waals surface area contributed by atoms with Crippen molar-refractivity contribution in [2.75, 3.05) is 12.3 Å². The molecule has 1 aromatic heterocycles. The number of carbonyl (C=O) groups is 1. The summed E-state index contributed by atoms with van der Waals surface area (Å²) in [6, 6.07) is -0.0181. The lowest BCUT2D eigenvalue weighted by atomic mass is 10.1. The van der Waals surface area contributed by atoms with Crippen LogP contribution in [0.15, 0.2) is 0 Å². The van der Waals surface area contributed by atoms with E-state index in [1.54, 1.807) is 0 Å². The molecule has 4 N–H and O–H groups in total. The third-order valence-corrected chi connectivity index (χ3v) is 3.92. The average molecular weight is 264 g/mol. The van der Waals surface area contributed by atoms with Gasteiger partial charge >= 0.3 is 0 Å². The minimum Gasteiger partial charge on any atom is -0.395 e. The van der Waals surface area contributed by atoms with Gasteiger partial charge in [0.05, 0.1) is 23.5 Å². The van der Waals surface area contributed by atoms with Crippen molar-refractivity contribution < 1.29 is 9.53 Å². The molecule has 1 aliphatic carbocycles. The van der Waals surface area contributed by atoms with E-state index in [2.05, 4.69) is 15.5 Å². The van der Waals surface area contributed by atoms with Crippen molar-refractivity contribution in [3.63, 3.8) is 0 Å². The molecule has 2 aliphatic rings. The van der Waals surface area contributed by atoms with Crippen molar-refractivity contribution in [3.8, 4) is 0 Å². The van der Waals surface area contributed by atoms with E-state index in [9.17, 15) is 4.79 Å². The van der Waals surface area contributed by atoms with Crippen molar-refractivity contribution >= 4 is 11.6 Å². The second-order valence-corrected chi connectivity index (χ2v) is 5.49. The molecule has 1 saturated carbocycles. The van der Waals surface area contributed by atoms with E-state index < -0.39 is 0 Å². The summed E-state index contributed by atoms with van der Waals surface area (Å²) < 4.78 is 5.56. The molecule has 6 heteroatoms. The lowest BCUT2D eigenvalue weighted by Gasteiger charge is -2.19. The predicted molar refractivity (Wildman–Crippen MR) is 70.9 cm³/mol. The standard InChI is InChI=1S/C13H20N4O2/c1-7(9-3-2-6-19-9)15-13(18)12-10(14)11(16-17-12)8-4-5-8/h7-9H,2-6,14H2,1H3,(H,15,18)(H,16,17). The number of aromatic nitrogens is 2. The smallest absolute Gasteiger partial charge is 0.274 e. The van der Waals surface area contributed by atoms with Crippen LogP contribution in [0.25, 0.3) is 0 Å². The van der Waals surface area contributed by atoms with Crippen LogP contribution in [0.1, 0.15) is 54.7 Å². The van der Waals surface area contributed by atoms with E-state index in [0.29, 0.717) is 17.3 Å². The normalized spacial score (nSPS) is 24.4. The zero-order valence-corrected chi connectivity index (χ0v) is 11.1. The summed E-state index contributed by atoms with van der Waals surface area (Å²) in [5.74, 6) is 0.244. The van der Waals surface area contributed by atoms with Crippen LogP contribution in [-0.2, 0) is 4.74 Å². The molecular weight excluding hydrogens is 244 g/mol. The highest BCUT2D eigenvalue weighted by molar-refractivity contribution is 5.97. The van der Waals surface area contributed by atoms with Gasteiger partial charge in [-0.3, -0.25) is 9.89 Å². The van der Waals surface area contributed by atoms with Gasteiger partial charge in [0.25, 0.3) is 5.91 Å². The van der Waals surface area contributed by atoms with E-state index in [4.69, 9.17) is 10.5 Å². The number of carbonyl (C=O) groups excluding carboxylic acids is 1. The minimum absolute atomic E-state index is 0.0181. The maximum atomic E-state index is 12.2. The Kier molecular flexibility index (Phi) is 3.18. The van der Waals surface area contributed by atoms with Crippen LogP contribution in [0.2, 0.25) is 0 Å². The fourth-order valence-corrected chi connectivity index (χ4v) is 2.59. The number of nitrogen functional groups attached to an aromatic ring is 1. The highest BCUT2D eigenvalue weighted by Crippen LogP contribution is 2.42. The number of nitrogens with one attached hydrogen (secondary N) is 2. The molecule has 2 atom stereocenters. The van der Waals surface area contributed by atoms with E-state index in [0.717, 1.165) is 38.0 Å². The van der Waals surface area contributed by atoms with Gasteiger partial charge < -0.3 is 15.8 Å². The average Bonchev–Trinajstić information content (AvgIpc) is 2.92. The predicted octanol–water partition coefficient (Wildman–Crippen LogP) is 1.17. The summed E-state index contributed by atoms with van der Waals surface area (Å²) >= 11 is 0. The summed E-state index contributed by atoms with van der Waals surface area (Å²) in [5, 5.41) is 9.87. The highest BCUT2D eigenvalue weighted by Gasteiger charge is 2.31. The van der Waals surface area contributed by atoms with Crippen molar-refractivity contribution in [3.05, 3.63) is 11.4 Å². The second kappa shape index (κ2) is 4.85. The summed E-state index contributed by atoms with van der Waals surface area (Å²) in [6.07, 6.45) is 4.40. The number of H-pyrrole nitrogens is 1. The largest absolute Gasteiger partial charge is 0.395 e. The molecule has 6 nitrogen and oxygen atoms in total. The van der Waals surface area contributed by atoms with Gasteiger partial charge in [0, 0.05) is 12.5 Å². The molecule has 0 bridgehead atoms. The van der Waals surface area contributed by atoms with Crippen LogP contribution in [-0.4, -0.2) is 34.9 Å². The van der Waals surface area contributed by atoms with Crippen molar-refractivity contribution in [1.82, 2.24) is 15.5 Å². The van der Waals surface area contributed by atoms with Crippen LogP contribution in [0, 0.1) is 0 Å². The second-order valence-electron chi connectivity index (χ2n) is 5.49. The van der Waals surface area contributed by atoms with Crippen LogP contribution in [0.5, 0.6) is 0 Å². The molecule has 2 fully saturated rings. The Hall–Kier alpha value is -1.56. The molecule has 2 unspecified atom stereocenters. The monoisotopic (exact) mass is 264 g/mol. The minimum atomic E-state index is -0.219. The highest BCUT2D eigenvalue weighted by atomic mass is 16.5. The Morgan fingerprint density at radius 3 is 2.95 bits per heavy atom. The van der Waals surface area contributed by atoms with Crippen LogP contribution in [0.4, 0.5) is 5.69 Å². The third-order valence-electron chi connectivity index (χ3n) is 3.92. The molecule has 1 amide bonds. The van der Waals surface area contributed by atoms with E-state index in [-0.39, 0.29) is 18.1 Å². The first-order valence-corrected chi connectivity index (χ1v) is 6.93. The van der Waals surface area contributed by atoms with Gasteiger partial charge in [0.15, 0.2) is 5.69 Å². The van der Waals surface area contributed by atoms with Crippen molar-refractivity contribution in [1.29, 1.82) is 0 Å². The molecule has 0 aromatic carbocycles. The zero-order chi connectivity index (χ0) is 13.4. The summed E-state index contributed by atoms with van der Waals surface area (Å²) in [4.78, 5) is 12.2. The Bertz CT molecular complexity index is 475. The van der Waals surface area contributed by atoms with Crippen molar-refractivity contribution in [2.24, 2.45) is 0 Å². The quantitative estimate of drug-likeness (QED) is 0.761. The first kappa shape index (κ1) is 12.5. The Labute approximate surface area is 112 Å². The number of aromatic amines is 1. The Balaban J connectivity index is 1.66. The number of rotatable bonds is 4. The lowest BCUT2D eigenvalue weighted by molar-refractivity contribution is 0.0710. The molecule has 0 spiro atoms. The number of hydrogen-bond acceptors (Lipinski definition) is 4. The fraction of sp³-hybridized carbons (Fsp3) is 0.692. The van der Waals surface area contributed by atoms with Gasteiger partial charge in [-0.1, -0.05) is 0 Å². The third kappa shape index (κ3) is 2.45. The topological polar surface area (TPSA) is 93.0 Å². The van der Waals surface area contributed by atoms with Gasteiger partial charge in [-0.15, -0.1) is 0 Å². The van der Waals surface area contributed by atoms with Crippen LogP contribution in [0.3, 0.4) is 0 Å². The first-order valence-electron chi connectivity index (χ1n) is 6.93. The number of anilines is 1. The molecular formula is C13H20N4O2. The zero-order valence-electron chi connectivity index (χ0n) is 11.1. The maximum absolute atomic E-state index is 12.2. The molecule has 2 heterocycles. The lowest BCUT2D eigenvalue weighted by Crippen LogP contribution is -2.41. The van der Waals surface area contributed by atoms with Gasteiger partial charge in [-0.2, -0.15) is 5.10 Å². The molecule has 19 heavy (non-hydrogen) atoms. The molecule has 1 aliphatic heterocycles. The number of ether oxygens (including phenoxy) is 1. The van der Waals surface area contributed by atoms with E-state index in [1.807, 2.05) is 6.92 Å². The maximum Gasteiger partial charge on any atom is 0.274 e. The number of nitrogens with two attached hydrogens (primary N) is 1. The Morgan fingerprint density at radius 1 is 1.53 bits per heavy atom. The van der Waals surface area contributed by atoms with Crippen molar-refractivity contribution in [2.45, 2.75) is 50.7 Å². The molecule has 0 radical (unpaired) electrons. The molecule has 1 aromatic rings. The summed E-state index contributed by atoms with van der Waals surface area (Å²) in [5.41, 5.74) is 7.71. The van der Waals surface area contributed by atoms with Gasteiger partial charge in [0.2, 0.25) is 0 Å². The van der Waals surface area contributed by atoms with Gasteiger partial charge in [-0.05, 0) is 32.6 Å².